The first-order valence-electron chi connectivity index (χ1n) is 12.4. The lowest BCUT2D eigenvalue weighted by Crippen LogP contribution is -2.53. The Morgan fingerprint density at radius 1 is 1.06 bits per heavy atom. The molecule has 5 rings (SSSR count). The molecule has 0 aromatic heterocycles. The topological polar surface area (TPSA) is 65.1 Å². The molecule has 3 saturated heterocycles. The van der Waals surface area contributed by atoms with Crippen LogP contribution in [0.5, 0.6) is 0 Å². The summed E-state index contributed by atoms with van der Waals surface area (Å²) >= 11 is 0. The highest BCUT2D eigenvalue weighted by atomic mass is 16.5. The van der Waals surface area contributed by atoms with Gasteiger partial charge in [0.15, 0.2) is 0 Å². The summed E-state index contributed by atoms with van der Waals surface area (Å²) in [5.41, 5.74) is 1.27. The van der Waals surface area contributed by atoms with Crippen molar-refractivity contribution in [3.63, 3.8) is 0 Å². The molecule has 3 unspecified atom stereocenters. The molecule has 3 atom stereocenters. The van der Waals surface area contributed by atoms with Crippen molar-refractivity contribution in [1.82, 2.24) is 20.0 Å². The van der Waals surface area contributed by atoms with Crippen LogP contribution in [0, 0.1) is 5.92 Å². The Morgan fingerprint density at radius 2 is 1.84 bits per heavy atom. The minimum absolute atomic E-state index is 0.132. The second kappa shape index (κ2) is 9.89. The molecular weight excluding hydrogens is 404 g/mol. The summed E-state index contributed by atoms with van der Waals surface area (Å²) in [5.74, 6) is 0.463. The molecule has 3 aliphatic heterocycles. The van der Waals surface area contributed by atoms with Crippen molar-refractivity contribution < 1.29 is 14.3 Å². The lowest BCUT2D eigenvalue weighted by Gasteiger charge is -2.32. The Kier molecular flexibility index (Phi) is 6.76. The average Bonchev–Trinajstić information content (AvgIpc) is 3.38. The molecule has 7 nitrogen and oxygen atoms in total. The first-order chi connectivity index (χ1) is 15.7. The van der Waals surface area contributed by atoms with Gasteiger partial charge in [0.2, 0.25) is 11.8 Å². The van der Waals surface area contributed by atoms with Crippen LogP contribution in [0.4, 0.5) is 0 Å². The van der Waals surface area contributed by atoms with Gasteiger partial charge in [0.1, 0.15) is 6.04 Å². The van der Waals surface area contributed by atoms with E-state index in [0.717, 1.165) is 78.0 Å². The van der Waals surface area contributed by atoms with Gasteiger partial charge < -0.3 is 19.9 Å². The summed E-state index contributed by atoms with van der Waals surface area (Å²) < 4.78 is 5.97. The van der Waals surface area contributed by atoms with Crippen molar-refractivity contribution in [1.29, 1.82) is 0 Å². The van der Waals surface area contributed by atoms with Crippen molar-refractivity contribution in [2.45, 2.75) is 56.8 Å². The van der Waals surface area contributed by atoms with Gasteiger partial charge in [-0.3, -0.25) is 14.5 Å². The fourth-order valence-electron chi connectivity index (χ4n) is 5.43. The molecule has 0 spiro atoms. The third kappa shape index (κ3) is 5.00. The van der Waals surface area contributed by atoms with Crippen LogP contribution in [-0.4, -0.2) is 90.6 Å². The zero-order valence-electron chi connectivity index (χ0n) is 19.0. The number of ether oxygens (including phenoxy) is 1. The van der Waals surface area contributed by atoms with E-state index in [1.165, 1.54) is 5.56 Å². The quantitative estimate of drug-likeness (QED) is 0.696. The van der Waals surface area contributed by atoms with Crippen LogP contribution in [0.25, 0.3) is 0 Å². The first kappa shape index (κ1) is 21.9. The predicted octanol–water partition coefficient (Wildman–Crippen LogP) is 1.48. The predicted molar refractivity (Wildman–Crippen MR) is 122 cm³/mol. The molecule has 4 aliphatic rings. The molecule has 4 fully saturated rings. The molecule has 1 aliphatic carbocycles. The van der Waals surface area contributed by atoms with E-state index in [1.807, 2.05) is 15.9 Å². The van der Waals surface area contributed by atoms with Crippen LogP contribution in [0.15, 0.2) is 30.3 Å². The van der Waals surface area contributed by atoms with E-state index in [-0.39, 0.29) is 35.9 Å². The summed E-state index contributed by atoms with van der Waals surface area (Å²) in [6, 6.07) is 10.4. The zero-order valence-corrected chi connectivity index (χ0v) is 19.0. The highest BCUT2D eigenvalue weighted by Gasteiger charge is 2.47. The number of piperazine rings is 1. The van der Waals surface area contributed by atoms with Crippen molar-refractivity contribution >= 4 is 11.8 Å². The molecule has 1 N–H and O–H groups in total. The number of hydrogen-bond acceptors (Lipinski definition) is 5. The zero-order chi connectivity index (χ0) is 21.9. The Morgan fingerprint density at radius 3 is 2.53 bits per heavy atom. The highest BCUT2D eigenvalue weighted by Crippen LogP contribution is 2.35. The minimum Gasteiger partial charge on any atom is -0.377 e. The average molecular weight is 441 g/mol. The SMILES string of the molecule is O=C(C1CC(N(Cc2ccccc2)CC2CCCO2)CN1C(=O)C1CC1)N1CCNCC1. The second-order valence-electron chi connectivity index (χ2n) is 9.80. The van der Waals surface area contributed by atoms with Crippen LogP contribution in [0.2, 0.25) is 0 Å². The van der Waals surface area contributed by atoms with Crippen molar-refractivity contribution in [3.05, 3.63) is 35.9 Å². The number of amides is 2. The Balaban J connectivity index is 1.35. The van der Waals surface area contributed by atoms with Gasteiger partial charge >= 0.3 is 0 Å². The van der Waals surface area contributed by atoms with Crippen molar-refractivity contribution in [3.8, 4) is 0 Å². The number of rotatable bonds is 7. The minimum atomic E-state index is -0.325. The number of nitrogens with zero attached hydrogens (tertiary/aromatic N) is 3. The lowest BCUT2D eigenvalue weighted by molar-refractivity contribution is -0.144. The van der Waals surface area contributed by atoms with Crippen molar-refractivity contribution in [2.24, 2.45) is 5.92 Å². The summed E-state index contributed by atoms with van der Waals surface area (Å²) in [5, 5.41) is 3.32. The van der Waals surface area contributed by atoms with E-state index in [1.54, 1.807) is 0 Å². The van der Waals surface area contributed by atoms with E-state index >= 15 is 0 Å². The molecule has 1 saturated carbocycles. The van der Waals surface area contributed by atoms with Gasteiger partial charge in [-0.2, -0.15) is 0 Å². The fourth-order valence-corrected chi connectivity index (χ4v) is 5.43. The van der Waals surface area contributed by atoms with Gasteiger partial charge in [-0.05, 0) is 37.7 Å². The number of hydrogen-bond donors (Lipinski definition) is 1. The molecule has 2 amide bonds. The number of nitrogens with one attached hydrogen (secondary N) is 1. The standard InChI is InChI=1S/C25H36N4O3/c30-24(20-8-9-20)29-17-21(15-23(29)25(31)27-12-10-26-11-13-27)28(18-22-7-4-14-32-22)16-19-5-2-1-3-6-19/h1-3,5-6,20-23,26H,4,7-18H2. The molecule has 0 bridgehead atoms. The van der Waals surface area contributed by atoms with Crippen LogP contribution in [0.1, 0.15) is 37.7 Å². The molecule has 7 heteroatoms. The smallest absolute Gasteiger partial charge is 0.245 e. The van der Waals surface area contributed by atoms with Crippen LogP contribution < -0.4 is 5.32 Å². The third-order valence-corrected chi connectivity index (χ3v) is 7.41. The Bertz CT molecular complexity index is 788. The van der Waals surface area contributed by atoms with E-state index in [4.69, 9.17) is 4.74 Å². The summed E-state index contributed by atoms with van der Waals surface area (Å²) in [6.07, 6.45) is 5.11. The first-order valence-corrected chi connectivity index (χ1v) is 12.4. The molecule has 174 valence electrons. The summed E-state index contributed by atoms with van der Waals surface area (Å²) in [6.45, 7) is 6.30. The number of carbonyl (C=O) groups excluding carboxylic acids is 2. The van der Waals surface area contributed by atoms with Crippen LogP contribution >= 0.6 is 0 Å². The molecule has 3 heterocycles. The summed E-state index contributed by atoms with van der Waals surface area (Å²) in [4.78, 5) is 33.0. The maximum absolute atomic E-state index is 13.5. The normalized spacial score (nSPS) is 28.5. The second-order valence-corrected chi connectivity index (χ2v) is 9.80. The number of likely N-dealkylation sites (tertiary alicyclic amines) is 1. The van der Waals surface area contributed by atoms with Gasteiger partial charge in [-0.1, -0.05) is 30.3 Å². The van der Waals surface area contributed by atoms with E-state index in [9.17, 15) is 9.59 Å². The molecular formula is C25H36N4O3. The van der Waals surface area contributed by atoms with E-state index < -0.39 is 0 Å². The van der Waals surface area contributed by atoms with E-state index in [2.05, 4.69) is 34.5 Å². The molecule has 1 aromatic rings. The van der Waals surface area contributed by atoms with Crippen LogP contribution in [0.3, 0.4) is 0 Å². The molecule has 0 radical (unpaired) electrons. The molecule has 1 aromatic carbocycles. The number of carbonyl (C=O) groups is 2. The van der Waals surface area contributed by atoms with Crippen molar-refractivity contribution in [2.75, 3.05) is 45.9 Å². The Hall–Kier alpha value is -1.96. The maximum Gasteiger partial charge on any atom is 0.245 e. The fraction of sp³-hybridized carbons (Fsp3) is 0.680. The third-order valence-electron chi connectivity index (χ3n) is 7.41. The van der Waals surface area contributed by atoms with Gasteiger partial charge in [0, 0.05) is 64.4 Å². The Labute approximate surface area is 191 Å². The van der Waals surface area contributed by atoms with Gasteiger partial charge in [0.25, 0.3) is 0 Å². The monoisotopic (exact) mass is 440 g/mol. The maximum atomic E-state index is 13.5. The summed E-state index contributed by atoms with van der Waals surface area (Å²) in [7, 11) is 0. The van der Waals surface area contributed by atoms with Crippen LogP contribution in [-0.2, 0) is 20.9 Å². The highest BCUT2D eigenvalue weighted by molar-refractivity contribution is 5.90. The largest absolute Gasteiger partial charge is 0.377 e. The van der Waals surface area contributed by atoms with Gasteiger partial charge in [0.05, 0.1) is 6.10 Å². The van der Waals surface area contributed by atoms with E-state index in [0.29, 0.717) is 6.54 Å². The molecule has 32 heavy (non-hydrogen) atoms. The number of benzene rings is 1. The van der Waals surface area contributed by atoms with Gasteiger partial charge in [-0.15, -0.1) is 0 Å². The lowest BCUT2D eigenvalue weighted by atomic mass is 10.1. The van der Waals surface area contributed by atoms with Gasteiger partial charge in [-0.25, -0.2) is 0 Å².